The van der Waals surface area contributed by atoms with E-state index in [0.717, 1.165) is 35.5 Å². The van der Waals surface area contributed by atoms with Crippen LogP contribution in [0.2, 0.25) is 0 Å². The van der Waals surface area contributed by atoms with Crippen molar-refractivity contribution >= 4 is 5.91 Å². The molecule has 0 aliphatic heterocycles. The third-order valence-electron chi connectivity index (χ3n) is 3.61. The molecule has 2 rings (SSSR count). The zero-order valence-corrected chi connectivity index (χ0v) is 13.7. The maximum absolute atomic E-state index is 11.9. The lowest BCUT2D eigenvalue weighted by atomic mass is 10.1. The van der Waals surface area contributed by atoms with Crippen LogP contribution in [-0.2, 0) is 17.6 Å². The van der Waals surface area contributed by atoms with E-state index >= 15 is 0 Å². The highest BCUT2D eigenvalue weighted by atomic mass is 16.5. The second kappa shape index (κ2) is 8.83. The summed E-state index contributed by atoms with van der Waals surface area (Å²) in [6, 6.07) is 15.6. The minimum absolute atomic E-state index is 0.0413. The van der Waals surface area contributed by atoms with Crippen LogP contribution >= 0.6 is 0 Å². The maximum Gasteiger partial charge on any atom is 0.257 e. The van der Waals surface area contributed by atoms with E-state index in [2.05, 4.69) is 12.2 Å². The molecule has 0 saturated heterocycles. The molecule has 0 aliphatic carbocycles. The molecule has 122 valence electrons. The number of rotatable bonds is 8. The van der Waals surface area contributed by atoms with Crippen LogP contribution in [0.5, 0.6) is 11.5 Å². The molecular formula is C19H23NO3. The second-order valence-corrected chi connectivity index (χ2v) is 5.20. The van der Waals surface area contributed by atoms with E-state index < -0.39 is 0 Å². The number of hydrogen-bond donors (Lipinski definition) is 1. The third-order valence-corrected chi connectivity index (χ3v) is 3.61. The number of nitrogens with one attached hydrogen (secondary N) is 1. The summed E-state index contributed by atoms with van der Waals surface area (Å²) in [6.45, 7) is 2.70. The Bertz CT molecular complexity index is 623. The zero-order chi connectivity index (χ0) is 16.5. The van der Waals surface area contributed by atoms with E-state index in [1.54, 1.807) is 7.11 Å². The summed E-state index contributed by atoms with van der Waals surface area (Å²) >= 11 is 0. The minimum Gasteiger partial charge on any atom is -0.497 e. The first-order valence-electron chi connectivity index (χ1n) is 7.83. The van der Waals surface area contributed by atoms with Gasteiger partial charge in [-0.1, -0.05) is 37.3 Å². The van der Waals surface area contributed by atoms with Crippen LogP contribution in [0.3, 0.4) is 0 Å². The van der Waals surface area contributed by atoms with Crippen LogP contribution in [0.4, 0.5) is 0 Å². The molecule has 23 heavy (non-hydrogen) atoms. The van der Waals surface area contributed by atoms with Crippen molar-refractivity contribution in [1.29, 1.82) is 0 Å². The maximum atomic E-state index is 11.9. The lowest BCUT2D eigenvalue weighted by Gasteiger charge is -2.10. The number of ether oxygens (including phenoxy) is 2. The van der Waals surface area contributed by atoms with Crippen molar-refractivity contribution < 1.29 is 14.3 Å². The summed E-state index contributed by atoms with van der Waals surface area (Å²) < 4.78 is 10.7. The van der Waals surface area contributed by atoms with E-state index in [4.69, 9.17) is 9.47 Å². The Hall–Kier alpha value is -2.49. The Kier molecular flexibility index (Phi) is 6.48. The summed E-state index contributed by atoms with van der Waals surface area (Å²) in [5.41, 5.74) is 2.27. The Morgan fingerprint density at radius 1 is 1.09 bits per heavy atom. The summed E-state index contributed by atoms with van der Waals surface area (Å²) in [6.07, 6.45) is 1.66. The van der Waals surface area contributed by atoms with Crippen molar-refractivity contribution in [2.24, 2.45) is 0 Å². The SMILES string of the molecule is CCc1ccccc1OCC(=O)NCCc1ccc(OC)cc1. The lowest BCUT2D eigenvalue weighted by Crippen LogP contribution is -2.30. The van der Waals surface area contributed by atoms with Gasteiger partial charge in [-0.3, -0.25) is 4.79 Å². The highest BCUT2D eigenvalue weighted by molar-refractivity contribution is 5.77. The average Bonchev–Trinajstić information content (AvgIpc) is 2.60. The number of hydrogen-bond acceptors (Lipinski definition) is 3. The first-order chi connectivity index (χ1) is 11.2. The van der Waals surface area contributed by atoms with Gasteiger partial charge in [0.1, 0.15) is 11.5 Å². The number of aryl methyl sites for hydroxylation is 1. The standard InChI is InChI=1S/C19H23NO3/c1-3-16-6-4-5-7-18(16)23-14-19(21)20-13-12-15-8-10-17(22-2)11-9-15/h4-11H,3,12-14H2,1-2H3,(H,20,21). The van der Waals surface area contributed by atoms with E-state index in [0.29, 0.717) is 6.54 Å². The molecule has 0 atom stereocenters. The number of methoxy groups -OCH3 is 1. The molecule has 0 unspecified atom stereocenters. The number of benzene rings is 2. The van der Waals surface area contributed by atoms with Gasteiger partial charge in [0.05, 0.1) is 7.11 Å². The predicted octanol–water partition coefficient (Wildman–Crippen LogP) is 3.00. The van der Waals surface area contributed by atoms with E-state index in [9.17, 15) is 4.79 Å². The van der Waals surface area contributed by atoms with Gasteiger partial charge in [0.25, 0.3) is 5.91 Å². The van der Waals surface area contributed by atoms with Gasteiger partial charge in [-0.05, 0) is 42.2 Å². The second-order valence-electron chi connectivity index (χ2n) is 5.20. The quantitative estimate of drug-likeness (QED) is 0.815. The van der Waals surface area contributed by atoms with Crippen LogP contribution in [0, 0.1) is 0 Å². The Morgan fingerprint density at radius 3 is 2.52 bits per heavy atom. The van der Waals surface area contributed by atoms with Crippen molar-refractivity contribution in [2.45, 2.75) is 19.8 Å². The van der Waals surface area contributed by atoms with Crippen LogP contribution in [-0.4, -0.2) is 26.2 Å². The lowest BCUT2D eigenvalue weighted by molar-refractivity contribution is -0.123. The van der Waals surface area contributed by atoms with Crippen LogP contribution in [0.25, 0.3) is 0 Å². The van der Waals surface area contributed by atoms with E-state index in [1.807, 2.05) is 48.5 Å². The normalized spacial score (nSPS) is 10.2. The molecule has 0 fully saturated rings. The molecule has 0 aromatic heterocycles. The van der Waals surface area contributed by atoms with Gasteiger partial charge < -0.3 is 14.8 Å². The molecule has 4 heteroatoms. The highest BCUT2D eigenvalue weighted by Gasteiger charge is 2.05. The summed E-state index contributed by atoms with van der Waals surface area (Å²) in [5.74, 6) is 1.51. The molecule has 0 saturated carbocycles. The highest BCUT2D eigenvalue weighted by Crippen LogP contribution is 2.17. The molecule has 0 radical (unpaired) electrons. The first kappa shape index (κ1) is 16.9. The van der Waals surface area contributed by atoms with Crippen LogP contribution in [0.15, 0.2) is 48.5 Å². The van der Waals surface area contributed by atoms with Gasteiger partial charge in [-0.15, -0.1) is 0 Å². The van der Waals surface area contributed by atoms with Gasteiger partial charge >= 0.3 is 0 Å². The first-order valence-corrected chi connectivity index (χ1v) is 7.83. The monoisotopic (exact) mass is 313 g/mol. The van der Waals surface area contributed by atoms with Crippen LogP contribution < -0.4 is 14.8 Å². The Morgan fingerprint density at radius 2 is 1.83 bits per heavy atom. The van der Waals surface area contributed by atoms with Crippen LogP contribution in [0.1, 0.15) is 18.1 Å². The van der Waals surface area contributed by atoms with Crippen molar-refractivity contribution in [3.63, 3.8) is 0 Å². The predicted molar refractivity (Wildman–Crippen MR) is 91.0 cm³/mol. The van der Waals surface area contributed by atoms with Crippen molar-refractivity contribution in [1.82, 2.24) is 5.32 Å². The molecule has 2 aromatic rings. The summed E-state index contributed by atoms with van der Waals surface area (Å²) in [7, 11) is 1.64. The fourth-order valence-electron chi connectivity index (χ4n) is 2.27. The summed E-state index contributed by atoms with van der Waals surface area (Å²) in [4.78, 5) is 11.9. The van der Waals surface area contributed by atoms with Gasteiger partial charge in [0, 0.05) is 6.54 Å². The third kappa shape index (κ3) is 5.33. The molecule has 4 nitrogen and oxygen atoms in total. The van der Waals surface area contributed by atoms with E-state index in [1.165, 1.54) is 0 Å². The average molecular weight is 313 g/mol. The molecule has 2 aromatic carbocycles. The summed E-state index contributed by atoms with van der Waals surface area (Å²) in [5, 5.41) is 2.87. The number of carbonyl (C=O) groups excluding carboxylic acids is 1. The van der Waals surface area contributed by atoms with Gasteiger partial charge in [0.15, 0.2) is 6.61 Å². The molecule has 0 aliphatic rings. The Labute approximate surface area is 137 Å². The zero-order valence-electron chi connectivity index (χ0n) is 13.7. The van der Waals surface area contributed by atoms with Crippen molar-refractivity contribution in [3.05, 3.63) is 59.7 Å². The smallest absolute Gasteiger partial charge is 0.257 e. The fraction of sp³-hybridized carbons (Fsp3) is 0.316. The van der Waals surface area contributed by atoms with Gasteiger partial charge in [-0.25, -0.2) is 0 Å². The molecule has 0 spiro atoms. The van der Waals surface area contributed by atoms with Gasteiger partial charge in [0.2, 0.25) is 0 Å². The van der Waals surface area contributed by atoms with Crippen molar-refractivity contribution in [3.8, 4) is 11.5 Å². The molecule has 0 heterocycles. The fourth-order valence-corrected chi connectivity index (χ4v) is 2.27. The molecule has 1 N–H and O–H groups in total. The Balaban J connectivity index is 1.72. The number of amides is 1. The number of carbonyl (C=O) groups is 1. The molecular weight excluding hydrogens is 290 g/mol. The topological polar surface area (TPSA) is 47.6 Å². The molecule has 1 amide bonds. The van der Waals surface area contributed by atoms with E-state index in [-0.39, 0.29) is 12.5 Å². The minimum atomic E-state index is -0.107. The molecule has 0 bridgehead atoms. The van der Waals surface area contributed by atoms with Crippen molar-refractivity contribution in [2.75, 3.05) is 20.3 Å². The number of para-hydroxylation sites is 1. The largest absolute Gasteiger partial charge is 0.497 e. The van der Waals surface area contributed by atoms with Gasteiger partial charge in [-0.2, -0.15) is 0 Å².